The Bertz CT molecular complexity index is 876. The van der Waals surface area contributed by atoms with Crippen LogP contribution in [-0.2, 0) is 19.1 Å². The molecule has 0 bridgehead atoms. The Morgan fingerprint density at radius 2 is 1.42 bits per heavy atom. The Morgan fingerprint density at radius 1 is 0.816 bits per heavy atom. The SMILES string of the molecule is C=CC(=O)OCCCCOC(=O)c1ccc(OC(=O)C2CCC(C3CCC(CCCCC)CC3)CC2)cc1. The van der Waals surface area contributed by atoms with Crippen LogP contribution in [0, 0.1) is 23.7 Å². The van der Waals surface area contributed by atoms with Crippen LogP contribution >= 0.6 is 0 Å². The number of unbranched alkanes of at least 4 members (excludes halogenated alkanes) is 3. The Kier molecular flexibility index (Phi) is 12.9. The zero-order chi connectivity index (χ0) is 27.2. The number of ether oxygens (including phenoxy) is 3. The van der Waals surface area contributed by atoms with Crippen molar-refractivity contribution in [3.63, 3.8) is 0 Å². The Hall–Kier alpha value is -2.63. The minimum absolute atomic E-state index is 0.0352. The van der Waals surface area contributed by atoms with Gasteiger partial charge >= 0.3 is 17.9 Å². The van der Waals surface area contributed by atoms with E-state index in [0.717, 1.165) is 49.5 Å². The van der Waals surface area contributed by atoms with Gasteiger partial charge in [-0.05, 0) is 93.4 Å². The number of benzene rings is 1. The molecule has 0 amide bonds. The molecule has 2 fully saturated rings. The number of hydrogen-bond donors (Lipinski definition) is 0. The zero-order valence-electron chi connectivity index (χ0n) is 23.2. The van der Waals surface area contributed by atoms with Crippen molar-refractivity contribution in [3.05, 3.63) is 42.5 Å². The molecule has 210 valence electrons. The molecule has 0 saturated heterocycles. The quantitative estimate of drug-likeness (QED) is 0.108. The molecule has 6 nitrogen and oxygen atoms in total. The van der Waals surface area contributed by atoms with Gasteiger partial charge in [-0.25, -0.2) is 9.59 Å². The van der Waals surface area contributed by atoms with Crippen LogP contribution in [0.5, 0.6) is 5.75 Å². The molecule has 0 radical (unpaired) electrons. The summed E-state index contributed by atoms with van der Waals surface area (Å²) in [5, 5.41) is 0. The fraction of sp³-hybridized carbons (Fsp3) is 0.656. The van der Waals surface area contributed by atoms with Gasteiger partial charge < -0.3 is 14.2 Å². The molecular formula is C32H46O6. The topological polar surface area (TPSA) is 78.9 Å². The molecule has 0 heterocycles. The van der Waals surface area contributed by atoms with Gasteiger partial charge in [-0.2, -0.15) is 0 Å². The van der Waals surface area contributed by atoms with Gasteiger partial charge in [-0.15, -0.1) is 0 Å². The maximum absolute atomic E-state index is 12.8. The van der Waals surface area contributed by atoms with Crippen molar-refractivity contribution >= 4 is 17.9 Å². The van der Waals surface area contributed by atoms with Crippen molar-refractivity contribution in [1.29, 1.82) is 0 Å². The second-order valence-corrected chi connectivity index (χ2v) is 11.0. The lowest BCUT2D eigenvalue weighted by Gasteiger charge is -2.37. The first kappa shape index (κ1) is 29.9. The first-order valence-corrected chi connectivity index (χ1v) is 14.8. The summed E-state index contributed by atoms with van der Waals surface area (Å²) in [6.07, 6.45) is 17.4. The molecule has 3 rings (SSSR count). The normalized spacial score (nSPS) is 23.3. The predicted molar refractivity (Wildman–Crippen MR) is 148 cm³/mol. The predicted octanol–water partition coefficient (Wildman–Crippen LogP) is 7.45. The van der Waals surface area contributed by atoms with Crippen molar-refractivity contribution in [2.45, 2.75) is 96.8 Å². The van der Waals surface area contributed by atoms with E-state index in [1.54, 1.807) is 24.3 Å². The van der Waals surface area contributed by atoms with E-state index in [0.29, 0.717) is 24.2 Å². The van der Waals surface area contributed by atoms with Crippen molar-refractivity contribution in [2.24, 2.45) is 23.7 Å². The average molecular weight is 527 g/mol. The zero-order valence-corrected chi connectivity index (χ0v) is 23.2. The number of carbonyl (C=O) groups is 3. The highest BCUT2D eigenvalue weighted by Gasteiger charge is 2.33. The highest BCUT2D eigenvalue weighted by atomic mass is 16.5. The van der Waals surface area contributed by atoms with E-state index in [2.05, 4.69) is 13.5 Å². The lowest BCUT2D eigenvalue weighted by molar-refractivity contribution is -0.140. The van der Waals surface area contributed by atoms with Crippen LogP contribution in [-0.4, -0.2) is 31.1 Å². The van der Waals surface area contributed by atoms with Crippen LogP contribution in [0.2, 0.25) is 0 Å². The van der Waals surface area contributed by atoms with E-state index in [1.807, 2.05) is 0 Å². The van der Waals surface area contributed by atoms with Gasteiger partial charge in [-0.1, -0.05) is 52.0 Å². The van der Waals surface area contributed by atoms with Gasteiger partial charge in [0.2, 0.25) is 0 Å². The van der Waals surface area contributed by atoms with Gasteiger partial charge in [0.05, 0.1) is 24.7 Å². The van der Waals surface area contributed by atoms with E-state index >= 15 is 0 Å². The molecule has 1 aromatic rings. The van der Waals surface area contributed by atoms with Crippen molar-refractivity contribution < 1.29 is 28.6 Å². The van der Waals surface area contributed by atoms with Crippen LogP contribution in [0.4, 0.5) is 0 Å². The average Bonchev–Trinajstić information content (AvgIpc) is 2.95. The van der Waals surface area contributed by atoms with Gasteiger partial charge in [-0.3, -0.25) is 4.79 Å². The van der Waals surface area contributed by atoms with Crippen LogP contribution in [0.1, 0.15) is 107 Å². The van der Waals surface area contributed by atoms with Gasteiger partial charge in [0, 0.05) is 6.08 Å². The minimum atomic E-state index is -0.457. The van der Waals surface area contributed by atoms with E-state index in [9.17, 15) is 14.4 Å². The highest BCUT2D eigenvalue weighted by Crippen LogP contribution is 2.42. The molecule has 0 spiro atoms. The van der Waals surface area contributed by atoms with Crippen LogP contribution < -0.4 is 4.74 Å². The van der Waals surface area contributed by atoms with Crippen LogP contribution in [0.3, 0.4) is 0 Å². The molecule has 2 saturated carbocycles. The van der Waals surface area contributed by atoms with E-state index < -0.39 is 11.9 Å². The van der Waals surface area contributed by atoms with Crippen molar-refractivity contribution in [1.82, 2.24) is 0 Å². The molecule has 38 heavy (non-hydrogen) atoms. The summed E-state index contributed by atoms with van der Waals surface area (Å²) in [7, 11) is 0. The van der Waals surface area contributed by atoms with Gasteiger partial charge in [0.25, 0.3) is 0 Å². The summed E-state index contributed by atoms with van der Waals surface area (Å²) in [4.78, 5) is 36.0. The molecule has 1 aromatic carbocycles. The third kappa shape index (κ3) is 9.92. The smallest absolute Gasteiger partial charge is 0.338 e. The van der Waals surface area contributed by atoms with E-state index in [4.69, 9.17) is 14.2 Å². The maximum atomic E-state index is 12.8. The lowest BCUT2D eigenvalue weighted by Crippen LogP contribution is -2.30. The standard InChI is InChI=1S/C32H46O6/c1-3-5-6-9-24-10-12-25(13-11-24)26-14-16-28(17-15-26)32(35)38-29-20-18-27(19-21-29)31(34)37-23-8-7-22-36-30(33)4-2/h4,18-21,24-26,28H,2-3,5-17,22-23H2,1H3. The molecule has 0 aromatic heterocycles. The third-order valence-electron chi connectivity index (χ3n) is 8.37. The van der Waals surface area contributed by atoms with E-state index in [1.165, 1.54) is 51.4 Å². The Labute approximate surface area is 228 Å². The summed E-state index contributed by atoms with van der Waals surface area (Å²) < 4.78 is 15.8. The first-order valence-electron chi connectivity index (χ1n) is 14.8. The largest absolute Gasteiger partial charge is 0.463 e. The van der Waals surface area contributed by atoms with Crippen LogP contribution in [0.15, 0.2) is 36.9 Å². The molecule has 0 N–H and O–H groups in total. The van der Waals surface area contributed by atoms with Gasteiger partial charge in [0.1, 0.15) is 5.75 Å². The summed E-state index contributed by atoms with van der Waals surface area (Å²) >= 11 is 0. The molecule has 2 aliphatic carbocycles. The van der Waals surface area contributed by atoms with Gasteiger partial charge in [0.15, 0.2) is 0 Å². The number of carbonyl (C=O) groups excluding carboxylic acids is 3. The summed E-state index contributed by atoms with van der Waals surface area (Å²) in [6, 6.07) is 6.53. The molecule has 2 aliphatic rings. The number of esters is 3. The van der Waals surface area contributed by atoms with Crippen LogP contribution in [0.25, 0.3) is 0 Å². The third-order valence-corrected chi connectivity index (χ3v) is 8.37. The maximum Gasteiger partial charge on any atom is 0.338 e. The summed E-state index contributed by atoms with van der Waals surface area (Å²) in [5.41, 5.74) is 0.406. The second kappa shape index (κ2) is 16.4. The summed E-state index contributed by atoms with van der Waals surface area (Å²) in [6.45, 7) is 6.12. The Balaban J connectivity index is 1.31. The first-order chi connectivity index (χ1) is 18.5. The lowest BCUT2D eigenvalue weighted by atomic mass is 9.68. The minimum Gasteiger partial charge on any atom is -0.463 e. The fourth-order valence-electron chi connectivity index (χ4n) is 6.00. The molecule has 6 heteroatoms. The van der Waals surface area contributed by atoms with Crippen molar-refractivity contribution in [3.8, 4) is 5.75 Å². The van der Waals surface area contributed by atoms with E-state index in [-0.39, 0.29) is 25.1 Å². The molecule has 0 aliphatic heterocycles. The highest BCUT2D eigenvalue weighted by molar-refractivity contribution is 5.89. The second-order valence-electron chi connectivity index (χ2n) is 11.0. The fourth-order valence-corrected chi connectivity index (χ4v) is 6.00. The number of hydrogen-bond acceptors (Lipinski definition) is 6. The summed E-state index contributed by atoms with van der Waals surface area (Å²) in [5.74, 6) is 1.93. The molecular weight excluding hydrogens is 480 g/mol. The monoisotopic (exact) mass is 526 g/mol. The molecule has 0 unspecified atom stereocenters. The van der Waals surface area contributed by atoms with Crippen molar-refractivity contribution in [2.75, 3.05) is 13.2 Å². The molecule has 0 atom stereocenters. The Morgan fingerprint density at radius 3 is 2.03 bits per heavy atom. The number of rotatable bonds is 14.